The predicted molar refractivity (Wildman–Crippen MR) is 65.8 cm³/mol. The summed E-state index contributed by atoms with van der Waals surface area (Å²) in [5.74, 6) is 0.726. The maximum Gasteiger partial charge on any atom is 0.183 e. The Bertz CT molecular complexity index is 502. The number of rotatable bonds is 4. The molecule has 2 rings (SSSR count). The lowest BCUT2D eigenvalue weighted by Crippen LogP contribution is -2.02. The van der Waals surface area contributed by atoms with Crippen molar-refractivity contribution in [2.45, 2.75) is 13.3 Å². The third kappa shape index (κ3) is 2.31. The predicted octanol–water partition coefficient (Wildman–Crippen LogP) is 2.95. The summed E-state index contributed by atoms with van der Waals surface area (Å²) in [5.41, 5.74) is 0.964. The number of aryl methyl sites for hydroxylation is 1. The second-order valence-electron chi connectivity index (χ2n) is 3.30. The minimum atomic E-state index is 0.0706. The van der Waals surface area contributed by atoms with Crippen LogP contribution in [-0.4, -0.2) is 17.9 Å². The van der Waals surface area contributed by atoms with Crippen LogP contribution in [0, 0.1) is 6.92 Å². The smallest absolute Gasteiger partial charge is 0.183 e. The van der Waals surface area contributed by atoms with Crippen LogP contribution in [0.3, 0.4) is 0 Å². The maximum absolute atomic E-state index is 12.0. The molecule has 84 valence electrons. The van der Waals surface area contributed by atoms with Crippen molar-refractivity contribution in [2.75, 3.05) is 7.11 Å². The van der Waals surface area contributed by atoms with Gasteiger partial charge >= 0.3 is 0 Å². The van der Waals surface area contributed by atoms with Crippen LogP contribution < -0.4 is 4.74 Å². The average molecular weight is 253 g/mol. The third-order valence-corrected chi connectivity index (χ3v) is 3.98. The lowest BCUT2D eigenvalue weighted by atomic mass is 10.2. The van der Waals surface area contributed by atoms with Crippen molar-refractivity contribution >= 4 is 28.5 Å². The summed E-state index contributed by atoms with van der Waals surface area (Å²) in [4.78, 5) is 16.9. The molecule has 0 aromatic carbocycles. The van der Waals surface area contributed by atoms with Gasteiger partial charge in [-0.3, -0.25) is 4.79 Å². The third-order valence-electron chi connectivity index (χ3n) is 2.08. The Hall–Kier alpha value is -1.20. The van der Waals surface area contributed by atoms with E-state index in [4.69, 9.17) is 4.74 Å². The van der Waals surface area contributed by atoms with E-state index in [0.717, 1.165) is 10.7 Å². The van der Waals surface area contributed by atoms with Gasteiger partial charge in [-0.1, -0.05) is 0 Å². The Balaban J connectivity index is 2.14. The van der Waals surface area contributed by atoms with Crippen LogP contribution in [0.4, 0.5) is 0 Å². The molecule has 5 heteroatoms. The minimum Gasteiger partial charge on any atom is -0.495 e. The van der Waals surface area contributed by atoms with E-state index in [1.54, 1.807) is 7.11 Å². The lowest BCUT2D eigenvalue weighted by Gasteiger charge is -1.99. The molecule has 0 radical (unpaired) electrons. The number of thiophene rings is 1. The highest BCUT2D eigenvalue weighted by molar-refractivity contribution is 7.12. The average Bonchev–Trinajstić information content (AvgIpc) is 2.86. The fourth-order valence-corrected chi connectivity index (χ4v) is 2.93. The van der Waals surface area contributed by atoms with Gasteiger partial charge in [-0.2, -0.15) is 0 Å². The van der Waals surface area contributed by atoms with Gasteiger partial charge in [0, 0.05) is 11.1 Å². The highest BCUT2D eigenvalue weighted by atomic mass is 32.1. The van der Waals surface area contributed by atoms with E-state index in [0.29, 0.717) is 17.0 Å². The fraction of sp³-hybridized carbons (Fsp3) is 0.273. The van der Waals surface area contributed by atoms with Gasteiger partial charge in [0.05, 0.1) is 13.5 Å². The van der Waals surface area contributed by atoms with Gasteiger partial charge in [-0.25, -0.2) is 4.98 Å². The molecule has 2 heterocycles. The first-order chi connectivity index (χ1) is 7.70. The number of Topliss-reactive ketones (excluding diaryl/α,β-unsaturated/α-hetero) is 1. The minimum absolute atomic E-state index is 0.0706. The SMILES string of the molecule is COc1ccsc1C(=O)Cc1nc(C)cs1. The second-order valence-corrected chi connectivity index (χ2v) is 5.16. The Labute approximate surface area is 102 Å². The number of methoxy groups -OCH3 is 1. The molecule has 3 nitrogen and oxygen atoms in total. The molecule has 2 aromatic heterocycles. The van der Waals surface area contributed by atoms with Crippen molar-refractivity contribution in [1.29, 1.82) is 0 Å². The molecule has 16 heavy (non-hydrogen) atoms. The highest BCUT2D eigenvalue weighted by Gasteiger charge is 2.15. The Morgan fingerprint density at radius 3 is 2.94 bits per heavy atom. The van der Waals surface area contributed by atoms with Gasteiger partial charge < -0.3 is 4.74 Å². The van der Waals surface area contributed by atoms with Gasteiger partial charge in [-0.05, 0) is 18.4 Å². The summed E-state index contributed by atoms with van der Waals surface area (Å²) in [6.07, 6.45) is 0.357. The number of ketones is 1. The first-order valence-corrected chi connectivity index (χ1v) is 6.52. The van der Waals surface area contributed by atoms with Crippen LogP contribution in [0.15, 0.2) is 16.8 Å². The Kier molecular flexibility index (Phi) is 3.36. The van der Waals surface area contributed by atoms with Crippen LogP contribution in [0.1, 0.15) is 20.4 Å². The van der Waals surface area contributed by atoms with Gasteiger partial charge in [-0.15, -0.1) is 22.7 Å². The second kappa shape index (κ2) is 4.76. The number of aromatic nitrogens is 1. The molecule has 0 amide bonds. The molecule has 0 aliphatic heterocycles. The molecule has 0 N–H and O–H groups in total. The summed E-state index contributed by atoms with van der Waals surface area (Å²) in [6.45, 7) is 1.93. The van der Waals surface area contributed by atoms with Crippen molar-refractivity contribution in [3.8, 4) is 5.75 Å². The van der Waals surface area contributed by atoms with E-state index >= 15 is 0 Å². The Morgan fingerprint density at radius 2 is 2.31 bits per heavy atom. The molecule has 0 aliphatic rings. The fourth-order valence-electron chi connectivity index (χ4n) is 1.36. The Morgan fingerprint density at radius 1 is 1.50 bits per heavy atom. The van der Waals surface area contributed by atoms with E-state index in [2.05, 4.69) is 4.98 Å². The molecular formula is C11H11NO2S2. The number of hydrogen-bond donors (Lipinski definition) is 0. The van der Waals surface area contributed by atoms with E-state index in [1.165, 1.54) is 22.7 Å². The molecule has 0 saturated heterocycles. The standard InChI is InChI=1S/C11H11NO2S2/c1-7-6-16-10(12-7)5-8(13)11-9(14-2)3-4-15-11/h3-4,6H,5H2,1-2H3. The maximum atomic E-state index is 12.0. The van der Waals surface area contributed by atoms with Crippen molar-refractivity contribution in [1.82, 2.24) is 4.98 Å². The first kappa shape index (κ1) is 11.3. The zero-order valence-corrected chi connectivity index (χ0v) is 10.7. The van der Waals surface area contributed by atoms with Crippen molar-refractivity contribution in [3.05, 3.63) is 32.4 Å². The molecule has 0 fully saturated rings. The van der Waals surface area contributed by atoms with Gasteiger partial charge in [0.2, 0.25) is 0 Å². The molecule has 0 spiro atoms. The molecule has 2 aromatic rings. The van der Waals surface area contributed by atoms with Gasteiger partial charge in [0.1, 0.15) is 15.6 Å². The van der Waals surface area contributed by atoms with E-state index < -0.39 is 0 Å². The summed E-state index contributed by atoms with van der Waals surface area (Å²) in [7, 11) is 1.58. The van der Waals surface area contributed by atoms with E-state index in [9.17, 15) is 4.79 Å². The van der Waals surface area contributed by atoms with E-state index in [1.807, 2.05) is 23.8 Å². The van der Waals surface area contributed by atoms with Gasteiger partial charge in [0.15, 0.2) is 5.78 Å². The monoisotopic (exact) mass is 253 g/mol. The molecular weight excluding hydrogens is 242 g/mol. The van der Waals surface area contributed by atoms with Crippen molar-refractivity contribution in [2.24, 2.45) is 0 Å². The summed E-state index contributed by atoms with van der Waals surface area (Å²) in [6, 6.07) is 1.81. The van der Waals surface area contributed by atoms with Crippen LogP contribution in [-0.2, 0) is 6.42 Å². The van der Waals surface area contributed by atoms with E-state index in [-0.39, 0.29) is 5.78 Å². The number of nitrogens with zero attached hydrogens (tertiary/aromatic N) is 1. The summed E-state index contributed by atoms with van der Waals surface area (Å²) < 4.78 is 5.12. The number of ether oxygens (including phenoxy) is 1. The van der Waals surface area contributed by atoms with Crippen molar-refractivity contribution in [3.63, 3.8) is 0 Å². The zero-order chi connectivity index (χ0) is 11.5. The van der Waals surface area contributed by atoms with Gasteiger partial charge in [0.25, 0.3) is 0 Å². The topological polar surface area (TPSA) is 39.2 Å². The van der Waals surface area contributed by atoms with Crippen LogP contribution in [0.25, 0.3) is 0 Å². The number of hydrogen-bond acceptors (Lipinski definition) is 5. The van der Waals surface area contributed by atoms with Crippen LogP contribution >= 0.6 is 22.7 Å². The van der Waals surface area contributed by atoms with Crippen LogP contribution in [0.2, 0.25) is 0 Å². The molecule has 0 atom stereocenters. The number of thiazole rings is 1. The summed E-state index contributed by atoms with van der Waals surface area (Å²) >= 11 is 2.93. The largest absolute Gasteiger partial charge is 0.495 e. The number of carbonyl (C=O) groups excluding carboxylic acids is 1. The molecule has 0 aliphatic carbocycles. The highest BCUT2D eigenvalue weighted by Crippen LogP contribution is 2.26. The quantitative estimate of drug-likeness (QED) is 0.786. The molecule has 0 saturated carbocycles. The van der Waals surface area contributed by atoms with Crippen molar-refractivity contribution < 1.29 is 9.53 Å². The number of carbonyl (C=O) groups is 1. The normalized spacial score (nSPS) is 10.4. The molecule has 0 unspecified atom stereocenters. The first-order valence-electron chi connectivity index (χ1n) is 4.76. The summed E-state index contributed by atoms with van der Waals surface area (Å²) in [5, 5.41) is 4.67. The lowest BCUT2D eigenvalue weighted by molar-refractivity contribution is 0.0994. The molecule has 0 bridgehead atoms. The van der Waals surface area contributed by atoms with Crippen LogP contribution in [0.5, 0.6) is 5.75 Å². The zero-order valence-electron chi connectivity index (χ0n) is 9.02.